The Morgan fingerprint density at radius 1 is 0.933 bits per heavy atom. The van der Waals surface area contributed by atoms with E-state index in [1.54, 1.807) is 12.1 Å². The summed E-state index contributed by atoms with van der Waals surface area (Å²) in [6.45, 7) is 2.09. The average molecular weight is 435 g/mol. The lowest BCUT2D eigenvalue weighted by Crippen LogP contribution is -2.39. The van der Waals surface area contributed by atoms with Gasteiger partial charge in [0.15, 0.2) is 0 Å². The number of nitrogens with one attached hydrogen (secondary N) is 1. The first-order chi connectivity index (χ1) is 13.9. The van der Waals surface area contributed by atoms with Crippen LogP contribution in [0.5, 0.6) is 0 Å². The van der Waals surface area contributed by atoms with E-state index in [0.717, 1.165) is 12.0 Å². The molecule has 0 radical (unpaired) electrons. The molecule has 1 N–H and O–H groups in total. The lowest BCUT2D eigenvalue weighted by Gasteiger charge is -2.35. The van der Waals surface area contributed by atoms with Crippen LogP contribution in [-0.2, 0) is 17.1 Å². The predicted molar refractivity (Wildman–Crippen MR) is 96.1 cm³/mol. The van der Waals surface area contributed by atoms with E-state index < -0.39 is 41.5 Å². The summed E-state index contributed by atoms with van der Waals surface area (Å²) in [7, 11) is 0. The van der Waals surface area contributed by atoms with Gasteiger partial charge in [0.1, 0.15) is 5.82 Å². The van der Waals surface area contributed by atoms with Crippen LogP contribution < -0.4 is 5.32 Å². The topological polar surface area (TPSA) is 21.3 Å². The molecule has 0 amide bonds. The van der Waals surface area contributed by atoms with E-state index >= 15 is 0 Å². The third-order valence-corrected chi connectivity index (χ3v) is 5.09. The third-order valence-electron chi connectivity index (χ3n) is 5.09. The van der Waals surface area contributed by atoms with Gasteiger partial charge in [-0.05, 0) is 67.8 Å². The SMILES string of the molecule is CC(O[C@H]1CCCN[C@H]1c1ccc(F)cc1)c1cc(C(F)(F)F)cc(C(F)(F)F)c1. The van der Waals surface area contributed by atoms with Crippen molar-refractivity contribution < 1.29 is 35.5 Å². The molecule has 2 nitrogen and oxygen atoms in total. The Balaban J connectivity index is 1.88. The van der Waals surface area contributed by atoms with Gasteiger partial charge in [-0.2, -0.15) is 26.3 Å². The fourth-order valence-electron chi connectivity index (χ4n) is 3.56. The fourth-order valence-corrected chi connectivity index (χ4v) is 3.56. The highest BCUT2D eigenvalue weighted by molar-refractivity contribution is 5.34. The van der Waals surface area contributed by atoms with E-state index in [2.05, 4.69) is 5.32 Å². The molecule has 3 atom stereocenters. The van der Waals surface area contributed by atoms with Crippen molar-refractivity contribution >= 4 is 0 Å². The van der Waals surface area contributed by atoms with Crippen molar-refractivity contribution in [3.63, 3.8) is 0 Å². The largest absolute Gasteiger partial charge is 0.416 e. The van der Waals surface area contributed by atoms with Gasteiger partial charge in [0.25, 0.3) is 0 Å². The number of ether oxygens (including phenoxy) is 1. The van der Waals surface area contributed by atoms with Crippen LogP contribution in [0.15, 0.2) is 42.5 Å². The van der Waals surface area contributed by atoms with Gasteiger partial charge >= 0.3 is 12.4 Å². The lowest BCUT2D eigenvalue weighted by molar-refractivity contribution is -0.143. The molecule has 0 spiro atoms. The van der Waals surface area contributed by atoms with E-state index in [9.17, 15) is 30.7 Å². The number of alkyl halides is 6. The molecule has 1 fully saturated rings. The van der Waals surface area contributed by atoms with Crippen LogP contribution in [0.2, 0.25) is 0 Å². The van der Waals surface area contributed by atoms with Crippen LogP contribution >= 0.6 is 0 Å². The van der Waals surface area contributed by atoms with Crippen molar-refractivity contribution in [2.24, 2.45) is 0 Å². The Morgan fingerprint density at radius 2 is 1.50 bits per heavy atom. The molecule has 1 saturated heterocycles. The fraction of sp³-hybridized carbons (Fsp3) is 0.429. The minimum atomic E-state index is -4.92. The summed E-state index contributed by atoms with van der Waals surface area (Å²) in [6.07, 6.45) is -10.1. The third kappa shape index (κ3) is 5.31. The van der Waals surface area contributed by atoms with E-state index in [4.69, 9.17) is 4.74 Å². The normalized spacial score (nSPS) is 21.5. The number of hydrogen-bond donors (Lipinski definition) is 1. The minimum absolute atomic E-state index is 0.0969. The molecule has 9 heteroatoms. The average Bonchev–Trinajstić information content (AvgIpc) is 2.67. The summed E-state index contributed by atoms with van der Waals surface area (Å²) in [5.41, 5.74) is -2.23. The van der Waals surface area contributed by atoms with Crippen LogP contribution in [0.3, 0.4) is 0 Å². The zero-order chi connectivity index (χ0) is 22.1. The Kier molecular flexibility index (Phi) is 6.43. The molecule has 164 valence electrons. The summed E-state index contributed by atoms with van der Waals surface area (Å²) < 4.78 is 97.9. The molecule has 30 heavy (non-hydrogen) atoms. The summed E-state index contributed by atoms with van der Waals surface area (Å²) in [5, 5.41) is 3.23. The van der Waals surface area contributed by atoms with Crippen molar-refractivity contribution in [2.45, 2.75) is 50.4 Å². The summed E-state index contributed by atoms with van der Waals surface area (Å²) in [6, 6.07) is 6.83. The first kappa shape index (κ1) is 22.6. The van der Waals surface area contributed by atoms with E-state index in [0.29, 0.717) is 25.1 Å². The van der Waals surface area contributed by atoms with Gasteiger partial charge < -0.3 is 10.1 Å². The Labute approximate surface area is 169 Å². The minimum Gasteiger partial charge on any atom is -0.369 e. The second-order valence-electron chi connectivity index (χ2n) is 7.28. The van der Waals surface area contributed by atoms with Crippen molar-refractivity contribution in [1.82, 2.24) is 5.32 Å². The standard InChI is InChI=1S/C21H20F7NO/c1-12(14-9-15(20(23,24)25)11-16(10-14)21(26,27)28)30-18-3-2-8-29-19(18)13-4-6-17(22)7-5-13/h4-7,9-12,18-19,29H,2-3,8H2,1H3/t12?,18-,19-/m0/s1. The quantitative estimate of drug-likeness (QED) is 0.559. The lowest BCUT2D eigenvalue weighted by atomic mass is 9.94. The van der Waals surface area contributed by atoms with Crippen molar-refractivity contribution in [2.75, 3.05) is 6.54 Å². The van der Waals surface area contributed by atoms with E-state index in [-0.39, 0.29) is 17.7 Å². The highest BCUT2D eigenvalue weighted by Crippen LogP contribution is 2.39. The predicted octanol–water partition coefficient (Wildman–Crippen LogP) is 6.43. The second kappa shape index (κ2) is 8.55. The monoisotopic (exact) mass is 435 g/mol. The second-order valence-corrected chi connectivity index (χ2v) is 7.28. The summed E-state index contributed by atoms with van der Waals surface area (Å²) in [4.78, 5) is 0. The van der Waals surface area contributed by atoms with Gasteiger partial charge in [-0.1, -0.05) is 12.1 Å². The van der Waals surface area contributed by atoms with Crippen LogP contribution in [0.25, 0.3) is 0 Å². The van der Waals surface area contributed by atoms with Gasteiger partial charge in [0.05, 0.1) is 29.4 Å². The van der Waals surface area contributed by atoms with Gasteiger partial charge in [0.2, 0.25) is 0 Å². The Morgan fingerprint density at radius 3 is 2.03 bits per heavy atom. The molecule has 2 aromatic carbocycles. The highest BCUT2D eigenvalue weighted by Gasteiger charge is 2.38. The summed E-state index contributed by atoms with van der Waals surface area (Å²) in [5.74, 6) is -0.413. The number of hydrogen-bond acceptors (Lipinski definition) is 2. The number of piperidine rings is 1. The number of benzene rings is 2. The van der Waals surface area contributed by atoms with Crippen LogP contribution in [-0.4, -0.2) is 12.6 Å². The Bertz CT molecular complexity index is 829. The van der Waals surface area contributed by atoms with Crippen LogP contribution in [0, 0.1) is 5.82 Å². The zero-order valence-electron chi connectivity index (χ0n) is 15.9. The van der Waals surface area contributed by atoms with Gasteiger partial charge in [-0.3, -0.25) is 0 Å². The molecule has 0 bridgehead atoms. The molecule has 3 rings (SSSR count). The molecular formula is C21H20F7NO. The molecule has 1 aliphatic rings. The Hall–Kier alpha value is -2.13. The highest BCUT2D eigenvalue weighted by atomic mass is 19.4. The maximum absolute atomic E-state index is 13.2. The molecule has 2 aromatic rings. The van der Waals surface area contributed by atoms with Crippen molar-refractivity contribution in [3.8, 4) is 0 Å². The molecule has 1 unspecified atom stereocenters. The number of rotatable bonds is 4. The maximum Gasteiger partial charge on any atom is 0.416 e. The first-order valence-electron chi connectivity index (χ1n) is 9.39. The number of halogens is 7. The van der Waals surface area contributed by atoms with Crippen LogP contribution in [0.4, 0.5) is 30.7 Å². The van der Waals surface area contributed by atoms with Crippen molar-refractivity contribution in [3.05, 3.63) is 70.5 Å². The molecule has 0 saturated carbocycles. The molecular weight excluding hydrogens is 415 g/mol. The zero-order valence-corrected chi connectivity index (χ0v) is 15.9. The first-order valence-corrected chi connectivity index (χ1v) is 9.39. The van der Waals surface area contributed by atoms with E-state index in [1.807, 2.05) is 0 Å². The molecule has 1 aliphatic heterocycles. The van der Waals surface area contributed by atoms with Gasteiger partial charge in [0, 0.05) is 0 Å². The summed E-state index contributed by atoms with van der Waals surface area (Å²) >= 11 is 0. The molecule has 1 heterocycles. The maximum atomic E-state index is 13.2. The van der Waals surface area contributed by atoms with Gasteiger partial charge in [-0.15, -0.1) is 0 Å². The molecule has 0 aromatic heterocycles. The molecule has 0 aliphatic carbocycles. The van der Waals surface area contributed by atoms with Gasteiger partial charge in [-0.25, -0.2) is 4.39 Å². The van der Waals surface area contributed by atoms with E-state index in [1.165, 1.54) is 19.1 Å². The van der Waals surface area contributed by atoms with Crippen LogP contribution in [0.1, 0.15) is 54.2 Å². The van der Waals surface area contributed by atoms with Crippen molar-refractivity contribution in [1.29, 1.82) is 0 Å². The smallest absolute Gasteiger partial charge is 0.369 e.